The van der Waals surface area contributed by atoms with Crippen molar-refractivity contribution in [3.63, 3.8) is 0 Å². The summed E-state index contributed by atoms with van der Waals surface area (Å²) in [4.78, 5) is 3.95. The van der Waals surface area contributed by atoms with Gasteiger partial charge in [-0.3, -0.25) is 4.99 Å². The molecule has 0 N–H and O–H groups in total. The van der Waals surface area contributed by atoms with Crippen molar-refractivity contribution >= 4 is 6.72 Å². The van der Waals surface area contributed by atoms with Crippen LogP contribution in [0, 0.1) is 0 Å². The van der Waals surface area contributed by atoms with Gasteiger partial charge in [0.25, 0.3) is 0 Å². The molecule has 0 spiro atoms. The number of rotatable bonds is 5. The van der Waals surface area contributed by atoms with Gasteiger partial charge in [0, 0.05) is 5.56 Å². The van der Waals surface area contributed by atoms with Crippen LogP contribution >= 0.6 is 0 Å². The van der Waals surface area contributed by atoms with Crippen LogP contribution in [0.5, 0.6) is 11.5 Å². The van der Waals surface area contributed by atoms with Crippen molar-refractivity contribution in [1.29, 1.82) is 0 Å². The zero-order chi connectivity index (χ0) is 12.8. The molecule has 1 aromatic carbocycles. The van der Waals surface area contributed by atoms with Gasteiger partial charge >= 0.3 is 0 Å². The molecule has 3 heteroatoms. The maximum Gasteiger partial charge on any atom is 0.125 e. The Kier molecular flexibility index (Phi) is 4.62. The summed E-state index contributed by atoms with van der Waals surface area (Å²) in [6.07, 6.45) is 6.56. The molecule has 0 aliphatic heterocycles. The molecule has 0 unspecified atom stereocenters. The van der Waals surface area contributed by atoms with Crippen LogP contribution in [0.2, 0.25) is 0 Å². The zero-order valence-electron chi connectivity index (χ0n) is 11.0. The van der Waals surface area contributed by atoms with E-state index in [1.54, 1.807) is 7.11 Å². The van der Waals surface area contributed by atoms with E-state index >= 15 is 0 Å². The van der Waals surface area contributed by atoms with Crippen molar-refractivity contribution in [3.8, 4) is 11.5 Å². The lowest BCUT2D eigenvalue weighted by molar-refractivity contribution is 0.153. The lowest BCUT2D eigenvalue weighted by atomic mass is 9.97. The Morgan fingerprint density at radius 1 is 1.28 bits per heavy atom. The first-order chi connectivity index (χ1) is 8.83. The first-order valence-electron chi connectivity index (χ1n) is 6.59. The molecule has 1 fully saturated rings. The van der Waals surface area contributed by atoms with Crippen LogP contribution < -0.4 is 9.47 Å². The van der Waals surface area contributed by atoms with E-state index in [9.17, 15) is 0 Å². The number of hydrogen-bond donors (Lipinski definition) is 0. The third kappa shape index (κ3) is 3.25. The minimum atomic E-state index is 0.357. The minimum Gasteiger partial charge on any atom is -0.497 e. The largest absolute Gasteiger partial charge is 0.497 e. The number of nitrogens with zero attached hydrogens (tertiary/aromatic N) is 1. The van der Waals surface area contributed by atoms with Gasteiger partial charge in [0.1, 0.15) is 11.5 Å². The van der Waals surface area contributed by atoms with Crippen LogP contribution in [0.4, 0.5) is 0 Å². The van der Waals surface area contributed by atoms with Gasteiger partial charge in [0.2, 0.25) is 0 Å². The van der Waals surface area contributed by atoms with Crippen LogP contribution in [0.25, 0.3) is 0 Å². The third-order valence-corrected chi connectivity index (χ3v) is 3.40. The molecule has 2 rings (SSSR count). The summed E-state index contributed by atoms with van der Waals surface area (Å²) < 4.78 is 11.3. The Hall–Kier alpha value is -1.51. The highest BCUT2D eigenvalue weighted by Gasteiger charge is 2.16. The quantitative estimate of drug-likeness (QED) is 0.744. The van der Waals surface area contributed by atoms with Crippen molar-refractivity contribution < 1.29 is 9.47 Å². The van der Waals surface area contributed by atoms with Crippen LogP contribution in [-0.4, -0.2) is 19.9 Å². The Morgan fingerprint density at radius 3 is 2.72 bits per heavy atom. The van der Waals surface area contributed by atoms with E-state index in [0.717, 1.165) is 29.9 Å². The van der Waals surface area contributed by atoms with E-state index in [4.69, 9.17) is 9.47 Å². The van der Waals surface area contributed by atoms with Crippen LogP contribution in [-0.2, 0) is 6.54 Å². The summed E-state index contributed by atoms with van der Waals surface area (Å²) in [6, 6.07) is 5.89. The normalized spacial score (nSPS) is 16.3. The summed E-state index contributed by atoms with van der Waals surface area (Å²) in [5, 5.41) is 0. The summed E-state index contributed by atoms with van der Waals surface area (Å²) in [6.45, 7) is 4.12. The lowest BCUT2D eigenvalue weighted by Gasteiger charge is -2.24. The van der Waals surface area contributed by atoms with Crippen LogP contribution in [0.15, 0.2) is 23.2 Å². The molecule has 0 amide bonds. The molecule has 0 aromatic heterocycles. The van der Waals surface area contributed by atoms with Crippen molar-refractivity contribution in [2.75, 3.05) is 7.11 Å². The number of benzene rings is 1. The Labute approximate surface area is 109 Å². The van der Waals surface area contributed by atoms with Gasteiger partial charge in [-0.25, -0.2) is 0 Å². The van der Waals surface area contributed by atoms with E-state index in [2.05, 4.69) is 11.7 Å². The van der Waals surface area contributed by atoms with Gasteiger partial charge in [0.05, 0.1) is 19.8 Å². The molecule has 0 saturated heterocycles. The standard InChI is InChI=1S/C15H21NO2/c1-16-11-12-10-14(17-2)8-9-15(12)18-13-6-4-3-5-7-13/h8-10,13H,1,3-7,11H2,2H3. The van der Waals surface area contributed by atoms with Crippen molar-refractivity contribution in [3.05, 3.63) is 23.8 Å². The van der Waals surface area contributed by atoms with E-state index < -0.39 is 0 Å². The Morgan fingerprint density at radius 2 is 2.06 bits per heavy atom. The summed E-state index contributed by atoms with van der Waals surface area (Å²) in [5.74, 6) is 1.76. The van der Waals surface area contributed by atoms with Gasteiger partial charge in [0.15, 0.2) is 0 Å². The molecule has 0 heterocycles. The average Bonchev–Trinajstić information content (AvgIpc) is 2.42. The molecule has 1 aromatic rings. The van der Waals surface area contributed by atoms with Gasteiger partial charge in [-0.1, -0.05) is 6.42 Å². The van der Waals surface area contributed by atoms with Crippen molar-refractivity contribution in [1.82, 2.24) is 0 Å². The number of ether oxygens (including phenoxy) is 2. The molecule has 0 radical (unpaired) electrons. The number of aliphatic imine (C=N–C) groups is 1. The summed E-state index contributed by atoms with van der Waals surface area (Å²) in [7, 11) is 1.67. The highest BCUT2D eigenvalue weighted by Crippen LogP contribution is 2.29. The summed E-state index contributed by atoms with van der Waals surface area (Å²) in [5.41, 5.74) is 1.05. The maximum atomic E-state index is 6.10. The molecule has 1 aliphatic rings. The zero-order valence-corrected chi connectivity index (χ0v) is 11.0. The monoisotopic (exact) mass is 247 g/mol. The molecule has 0 bridgehead atoms. The van der Waals surface area contributed by atoms with Gasteiger partial charge in [-0.15, -0.1) is 0 Å². The molecule has 0 atom stereocenters. The van der Waals surface area contributed by atoms with Gasteiger partial charge < -0.3 is 9.47 Å². The highest BCUT2D eigenvalue weighted by atomic mass is 16.5. The highest BCUT2D eigenvalue weighted by molar-refractivity contribution is 5.41. The second kappa shape index (κ2) is 6.43. The Bertz CT molecular complexity index is 397. The molecule has 18 heavy (non-hydrogen) atoms. The van der Waals surface area contributed by atoms with Crippen molar-refractivity contribution in [2.45, 2.75) is 44.8 Å². The van der Waals surface area contributed by atoms with E-state index in [0.29, 0.717) is 12.6 Å². The van der Waals surface area contributed by atoms with Crippen molar-refractivity contribution in [2.24, 2.45) is 4.99 Å². The SMILES string of the molecule is C=NCc1cc(OC)ccc1OC1CCCCC1. The van der Waals surface area contributed by atoms with E-state index in [1.165, 1.54) is 19.3 Å². The second-order valence-corrected chi connectivity index (χ2v) is 4.73. The van der Waals surface area contributed by atoms with Gasteiger partial charge in [-0.2, -0.15) is 0 Å². The van der Waals surface area contributed by atoms with E-state index in [-0.39, 0.29) is 0 Å². The van der Waals surface area contributed by atoms with E-state index in [1.807, 2.05) is 18.2 Å². The average molecular weight is 247 g/mol. The number of methoxy groups -OCH3 is 1. The van der Waals surface area contributed by atoms with Crippen LogP contribution in [0.3, 0.4) is 0 Å². The fourth-order valence-electron chi connectivity index (χ4n) is 2.40. The van der Waals surface area contributed by atoms with Gasteiger partial charge in [-0.05, 0) is 50.6 Å². The third-order valence-electron chi connectivity index (χ3n) is 3.40. The maximum absolute atomic E-state index is 6.10. The Balaban J connectivity index is 2.11. The first-order valence-corrected chi connectivity index (χ1v) is 6.59. The lowest BCUT2D eigenvalue weighted by Crippen LogP contribution is -2.20. The molecule has 1 aliphatic carbocycles. The molecule has 98 valence electrons. The molecule has 1 saturated carbocycles. The minimum absolute atomic E-state index is 0.357. The topological polar surface area (TPSA) is 30.8 Å². The number of hydrogen-bond acceptors (Lipinski definition) is 3. The molecule has 3 nitrogen and oxygen atoms in total. The molecular weight excluding hydrogens is 226 g/mol. The fraction of sp³-hybridized carbons (Fsp3) is 0.533. The smallest absolute Gasteiger partial charge is 0.125 e. The predicted octanol–water partition coefficient (Wildman–Crippen LogP) is 3.61. The summed E-state index contributed by atoms with van der Waals surface area (Å²) >= 11 is 0. The second-order valence-electron chi connectivity index (χ2n) is 4.73. The first kappa shape index (κ1) is 12.9. The van der Waals surface area contributed by atoms with Crippen LogP contribution in [0.1, 0.15) is 37.7 Å². The fourth-order valence-corrected chi connectivity index (χ4v) is 2.40. The molecular formula is C15H21NO2. The predicted molar refractivity (Wildman–Crippen MR) is 73.7 cm³/mol.